The molecule has 0 saturated heterocycles. The largest absolute Gasteiger partial charge is 0.380 e. The molecule has 1 rings (SSSR count). The number of rotatable bonds is 7. The molecule has 0 aliphatic heterocycles. The summed E-state index contributed by atoms with van der Waals surface area (Å²) in [5.41, 5.74) is 1.22. The molecule has 0 amide bonds. The van der Waals surface area contributed by atoms with Crippen molar-refractivity contribution in [3.05, 3.63) is 18.0 Å². The van der Waals surface area contributed by atoms with Crippen LogP contribution in [0.3, 0.4) is 0 Å². The first-order valence-corrected chi connectivity index (χ1v) is 5.55. The van der Waals surface area contributed by atoms with Crippen molar-refractivity contribution in [3.8, 4) is 0 Å². The van der Waals surface area contributed by atoms with E-state index in [1.807, 2.05) is 17.8 Å². The molecule has 0 atom stereocenters. The van der Waals surface area contributed by atoms with Crippen LogP contribution in [0, 0.1) is 0 Å². The zero-order chi connectivity index (χ0) is 11.1. The molecule has 15 heavy (non-hydrogen) atoms. The fraction of sp³-hybridized carbons (Fsp3) is 0.727. The van der Waals surface area contributed by atoms with Crippen molar-refractivity contribution < 1.29 is 4.74 Å². The molecule has 0 unspecified atom stereocenters. The second-order valence-electron chi connectivity index (χ2n) is 3.80. The van der Waals surface area contributed by atoms with Gasteiger partial charge in [0.1, 0.15) is 0 Å². The van der Waals surface area contributed by atoms with Crippen molar-refractivity contribution in [1.82, 2.24) is 15.1 Å². The van der Waals surface area contributed by atoms with Gasteiger partial charge in [-0.2, -0.15) is 5.10 Å². The van der Waals surface area contributed by atoms with Gasteiger partial charge in [-0.15, -0.1) is 0 Å². The number of hydrogen-bond donors (Lipinski definition) is 1. The number of nitrogens with one attached hydrogen (secondary N) is 1. The van der Waals surface area contributed by atoms with Gasteiger partial charge in [-0.25, -0.2) is 0 Å². The highest BCUT2D eigenvalue weighted by atomic mass is 16.5. The quantitative estimate of drug-likeness (QED) is 0.696. The van der Waals surface area contributed by atoms with E-state index >= 15 is 0 Å². The van der Waals surface area contributed by atoms with Crippen LogP contribution in [0.5, 0.6) is 0 Å². The van der Waals surface area contributed by atoms with Crippen molar-refractivity contribution in [1.29, 1.82) is 0 Å². The van der Waals surface area contributed by atoms with Gasteiger partial charge in [-0.3, -0.25) is 4.68 Å². The molecule has 0 radical (unpaired) electrons. The molecule has 0 bridgehead atoms. The molecular formula is C11H21N3O. The molecule has 86 valence electrons. The van der Waals surface area contributed by atoms with Crippen molar-refractivity contribution in [2.45, 2.75) is 33.4 Å². The molecule has 4 nitrogen and oxygen atoms in total. The number of ether oxygens (including phenoxy) is 1. The lowest BCUT2D eigenvalue weighted by Crippen LogP contribution is -2.18. The predicted molar refractivity (Wildman–Crippen MR) is 60.8 cm³/mol. The minimum atomic E-state index is 0.433. The van der Waals surface area contributed by atoms with E-state index in [2.05, 4.69) is 30.5 Å². The Hall–Kier alpha value is -0.870. The van der Waals surface area contributed by atoms with E-state index in [0.717, 1.165) is 26.3 Å². The van der Waals surface area contributed by atoms with E-state index in [9.17, 15) is 0 Å². The van der Waals surface area contributed by atoms with E-state index in [-0.39, 0.29) is 0 Å². The Kier molecular flexibility index (Phi) is 5.36. The van der Waals surface area contributed by atoms with Crippen LogP contribution in [0.2, 0.25) is 0 Å². The third kappa shape index (κ3) is 4.44. The lowest BCUT2D eigenvalue weighted by molar-refractivity contribution is 0.149. The first-order chi connectivity index (χ1) is 7.24. The number of nitrogens with zero attached hydrogens (tertiary/aromatic N) is 2. The monoisotopic (exact) mass is 211 g/mol. The van der Waals surface area contributed by atoms with E-state index in [1.54, 1.807) is 0 Å². The molecule has 0 aromatic carbocycles. The molecule has 1 heterocycles. The highest BCUT2D eigenvalue weighted by Crippen LogP contribution is 2.04. The summed E-state index contributed by atoms with van der Waals surface area (Å²) in [6.07, 6.45) is 3.99. The molecule has 0 spiro atoms. The Balaban J connectivity index is 2.20. The van der Waals surface area contributed by atoms with Crippen LogP contribution in [-0.2, 0) is 11.3 Å². The first-order valence-electron chi connectivity index (χ1n) is 5.55. The Morgan fingerprint density at radius 1 is 1.53 bits per heavy atom. The summed E-state index contributed by atoms with van der Waals surface area (Å²) in [4.78, 5) is 0. The molecular weight excluding hydrogens is 190 g/mol. The van der Waals surface area contributed by atoms with Crippen LogP contribution < -0.4 is 5.32 Å². The fourth-order valence-electron chi connectivity index (χ4n) is 1.27. The highest BCUT2D eigenvalue weighted by Gasteiger charge is 2.00. The number of aromatic nitrogens is 2. The Bertz CT molecular complexity index is 271. The second-order valence-corrected chi connectivity index (χ2v) is 3.80. The number of hydrogen-bond acceptors (Lipinski definition) is 3. The topological polar surface area (TPSA) is 39.1 Å². The standard InChI is InChI=1S/C11H21N3O/c1-4-15-6-5-12-7-11-8-13-14(9-11)10(2)3/h8-10,12H,4-7H2,1-3H3. The SMILES string of the molecule is CCOCCNCc1cnn(C(C)C)c1. The van der Waals surface area contributed by atoms with Crippen LogP contribution in [-0.4, -0.2) is 29.5 Å². The molecule has 4 heteroatoms. The van der Waals surface area contributed by atoms with Crippen LogP contribution in [0.25, 0.3) is 0 Å². The van der Waals surface area contributed by atoms with E-state index in [0.29, 0.717) is 6.04 Å². The fourth-order valence-corrected chi connectivity index (χ4v) is 1.27. The van der Waals surface area contributed by atoms with Gasteiger partial charge in [0.15, 0.2) is 0 Å². The normalized spacial score (nSPS) is 11.2. The smallest absolute Gasteiger partial charge is 0.0590 e. The highest BCUT2D eigenvalue weighted by molar-refractivity contribution is 5.03. The van der Waals surface area contributed by atoms with E-state index < -0.39 is 0 Å². The Labute approximate surface area is 91.6 Å². The van der Waals surface area contributed by atoms with E-state index in [1.165, 1.54) is 5.56 Å². The van der Waals surface area contributed by atoms with Crippen molar-refractivity contribution in [2.75, 3.05) is 19.8 Å². The maximum Gasteiger partial charge on any atom is 0.0590 e. The van der Waals surface area contributed by atoms with Gasteiger partial charge in [0.05, 0.1) is 12.8 Å². The Morgan fingerprint density at radius 2 is 2.33 bits per heavy atom. The van der Waals surface area contributed by atoms with Gasteiger partial charge >= 0.3 is 0 Å². The minimum Gasteiger partial charge on any atom is -0.380 e. The summed E-state index contributed by atoms with van der Waals surface area (Å²) in [6, 6.07) is 0.433. The molecule has 1 aromatic rings. The summed E-state index contributed by atoms with van der Waals surface area (Å²) in [5.74, 6) is 0. The molecule has 0 fully saturated rings. The van der Waals surface area contributed by atoms with Crippen molar-refractivity contribution in [3.63, 3.8) is 0 Å². The average molecular weight is 211 g/mol. The zero-order valence-electron chi connectivity index (χ0n) is 9.86. The van der Waals surface area contributed by atoms with Gasteiger partial charge in [0.25, 0.3) is 0 Å². The first kappa shape index (κ1) is 12.2. The average Bonchev–Trinajstić information content (AvgIpc) is 2.66. The van der Waals surface area contributed by atoms with Crippen molar-refractivity contribution in [2.24, 2.45) is 0 Å². The third-order valence-corrected chi connectivity index (χ3v) is 2.14. The summed E-state index contributed by atoms with van der Waals surface area (Å²) >= 11 is 0. The van der Waals surface area contributed by atoms with Gasteiger partial charge in [-0.05, 0) is 20.8 Å². The lowest BCUT2D eigenvalue weighted by Gasteiger charge is -2.04. The predicted octanol–water partition coefficient (Wildman–Crippen LogP) is 1.59. The molecule has 0 aliphatic carbocycles. The van der Waals surface area contributed by atoms with Gasteiger partial charge in [0.2, 0.25) is 0 Å². The molecule has 1 aromatic heterocycles. The summed E-state index contributed by atoms with van der Waals surface area (Å²) in [5, 5.41) is 7.59. The van der Waals surface area contributed by atoms with Crippen LogP contribution >= 0.6 is 0 Å². The van der Waals surface area contributed by atoms with Crippen molar-refractivity contribution >= 4 is 0 Å². The van der Waals surface area contributed by atoms with E-state index in [4.69, 9.17) is 4.74 Å². The molecule has 1 N–H and O–H groups in total. The van der Waals surface area contributed by atoms with Crippen LogP contribution in [0.15, 0.2) is 12.4 Å². The maximum absolute atomic E-state index is 5.23. The van der Waals surface area contributed by atoms with Gasteiger partial charge in [-0.1, -0.05) is 0 Å². The Morgan fingerprint density at radius 3 is 2.93 bits per heavy atom. The maximum atomic E-state index is 5.23. The summed E-state index contributed by atoms with van der Waals surface area (Å²) in [6.45, 7) is 9.56. The molecule has 0 aliphatic rings. The lowest BCUT2D eigenvalue weighted by atomic mass is 10.3. The van der Waals surface area contributed by atoms with Gasteiger partial charge in [0, 0.05) is 37.5 Å². The van der Waals surface area contributed by atoms with Crippen LogP contribution in [0.4, 0.5) is 0 Å². The van der Waals surface area contributed by atoms with Gasteiger partial charge < -0.3 is 10.1 Å². The van der Waals surface area contributed by atoms with Crippen LogP contribution in [0.1, 0.15) is 32.4 Å². The second kappa shape index (κ2) is 6.58. The minimum absolute atomic E-state index is 0.433. The third-order valence-electron chi connectivity index (χ3n) is 2.14. The zero-order valence-corrected chi connectivity index (χ0v) is 9.86. The summed E-state index contributed by atoms with van der Waals surface area (Å²) < 4.78 is 7.20. The molecule has 0 saturated carbocycles. The summed E-state index contributed by atoms with van der Waals surface area (Å²) in [7, 11) is 0.